The zero-order valence-electron chi connectivity index (χ0n) is 8.29. The first-order valence-corrected chi connectivity index (χ1v) is 5.56. The van der Waals surface area contributed by atoms with Gasteiger partial charge in [0.25, 0.3) is 0 Å². The minimum absolute atomic E-state index is 0.652. The first-order valence-electron chi connectivity index (χ1n) is 4.68. The molecule has 0 amide bonds. The fourth-order valence-corrected chi connectivity index (χ4v) is 1.91. The Morgan fingerprint density at radius 3 is 2.62 bits per heavy atom. The second-order valence-corrected chi connectivity index (χ2v) is 3.89. The van der Waals surface area contributed by atoms with Crippen molar-refractivity contribution >= 4 is 17.2 Å². The highest BCUT2D eigenvalue weighted by atomic mass is 32.1. The van der Waals surface area contributed by atoms with Gasteiger partial charge in [-0.3, -0.25) is 0 Å². The van der Waals surface area contributed by atoms with Gasteiger partial charge in [0.05, 0.1) is 5.01 Å². The molecular formula is C9H17N3S. The standard InChI is InChI=1S/C9H17N3S/c1-3-12(4-2)6-5-9-11-8(10)7-13-9/h7H,3-6,10H2,1-2H3. The molecule has 1 aromatic rings. The van der Waals surface area contributed by atoms with Crippen LogP contribution in [0.25, 0.3) is 0 Å². The fourth-order valence-electron chi connectivity index (χ4n) is 1.23. The predicted molar refractivity (Wildman–Crippen MR) is 58.0 cm³/mol. The van der Waals surface area contributed by atoms with Crippen LogP contribution in [0.1, 0.15) is 18.9 Å². The van der Waals surface area contributed by atoms with Crippen LogP contribution in [0, 0.1) is 0 Å². The number of rotatable bonds is 5. The highest BCUT2D eigenvalue weighted by Crippen LogP contribution is 2.11. The quantitative estimate of drug-likeness (QED) is 0.783. The molecule has 1 aromatic heterocycles. The molecule has 0 fully saturated rings. The van der Waals surface area contributed by atoms with Crippen molar-refractivity contribution in [3.05, 3.63) is 10.4 Å². The summed E-state index contributed by atoms with van der Waals surface area (Å²) in [4.78, 5) is 6.61. The maximum atomic E-state index is 5.54. The molecule has 4 heteroatoms. The molecule has 0 aliphatic heterocycles. The Morgan fingerprint density at radius 2 is 2.15 bits per heavy atom. The van der Waals surface area contributed by atoms with Crippen LogP contribution >= 0.6 is 11.3 Å². The van der Waals surface area contributed by atoms with Crippen LogP contribution in [-0.4, -0.2) is 29.5 Å². The van der Waals surface area contributed by atoms with Crippen molar-refractivity contribution in [2.24, 2.45) is 0 Å². The van der Waals surface area contributed by atoms with E-state index in [0.717, 1.165) is 31.1 Å². The van der Waals surface area contributed by atoms with Crippen LogP contribution in [0.2, 0.25) is 0 Å². The molecule has 1 rings (SSSR count). The molecule has 2 N–H and O–H groups in total. The SMILES string of the molecule is CCN(CC)CCc1nc(N)cs1. The van der Waals surface area contributed by atoms with E-state index < -0.39 is 0 Å². The number of nitrogens with two attached hydrogens (primary N) is 1. The summed E-state index contributed by atoms with van der Waals surface area (Å²) in [5, 5.41) is 3.04. The number of nitrogen functional groups attached to an aromatic ring is 1. The molecule has 0 aliphatic carbocycles. The second-order valence-electron chi connectivity index (χ2n) is 2.94. The van der Waals surface area contributed by atoms with E-state index in [2.05, 4.69) is 23.7 Å². The van der Waals surface area contributed by atoms with Crippen LogP contribution in [0.5, 0.6) is 0 Å². The van der Waals surface area contributed by atoms with E-state index in [4.69, 9.17) is 5.73 Å². The first-order chi connectivity index (χ1) is 6.26. The lowest BCUT2D eigenvalue weighted by atomic mass is 10.4. The number of anilines is 1. The minimum Gasteiger partial charge on any atom is -0.383 e. The van der Waals surface area contributed by atoms with E-state index in [1.807, 2.05) is 5.38 Å². The van der Waals surface area contributed by atoms with Gasteiger partial charge in [0.15, 0.2) is 0 Å². The molecule has 0 aromatic carbocycles. The van der Waals surface area contributed by atoms with Crippen molar-refractivity contribution in [3.8, 4) is 0 Å². The van der Waals surface area contributed by atoms with Crippen LogP contribution in [0.15, 0.2) is 5.38 Å². The topological polar surface area (TPSA) is 42.2 Å². The summed E-state index contributed by atoms with van der Waals surface area (Å²) < 4.78 is 0. The van der Waals surface area contributed by atoms with E-state index in [-0.39, 0.29) is 0 Å². The minimum atomic E-state index is 0.652. The summed E-state index contributed by atoms with van der Waals surface area (Å²) in [7, 11) is 0. The van der Waals surface area contributed by atoms with Crippen LogP contribution < -0.4 is 5.73 Å². The number of aromatic nitrogens is 1. The van der Waals surface area contributed by atoms with Crippen molar-refractivity contribution < 1.29 is 0 Å². The molecule has 0 saturated heterocycles. The largest absolute Gasteiger partial charge is 0.383 e. The van der Waals surface area contributed by atoms with E-state index in [1.165, 1.54) is 0 Å². The van der Waals surface area contributed by atoms with E-state index in [0.29, 0.717) is 5.82 Å². The monoisotopic (exact) mass is 199 g/mol. The van der Waals surface area contributed by atoms with E-state index >= 15 is 0 Å². The average molecular weight is 199 g/mol. The third-order valence-electron chi connectivity index (χ3n) is 2.11. The van der Waals surface area contributed by atoms with Gasteiger partial charge < -0.3 is 10.6 Å². The Balaban J connectivity index is 2.33. The van der Waals surface area contributed by atoms with Gasteiger partial charge in [-0.25, -0.2) is 4.98 Å². The highest BCUT2D eigenvalue weighted by Gasteiger charge is 2.02. The molecule has 3 nitrogen and oxygen atoms in total. The van der Waals surface area contributed by atoms with Crippen molar-refractivity contribution in [2.45, 2.75) is 20.3 Å². The Labute approximate surface area is 83.6 Å². The van der Waals surface area contributed by atoms with Gasteiger partial charge in [-0.15, -0.1) is 11.3 Å². The predicted octanol–water partition coefficient (Wildman–Crippen LogP) is 1.61. The lowest BCUT2D eigenvalue weighted by Gasteiger charge is -2.16. The van der Waals surface area contributed by atoms with Gasteiger partial charge in [0, 0.05) is 18.3 Å². The third-order valence-corrected chi connectivity index (χ3v) is 3.03. The van der Waals surface area contributed by atoms with Crippen molar-refractivity contribution in [3.63, 3.8) is 0 Å². The van der Waals surface area contributed by atoms with Crippen molar-refractivity contribution in [1.82, 2.24) is 9.88 Å². The number of hydrogen-bond donors (Lipinski definition) is 1. The Hall–Kier alpha value is -0.610. The number of nitrogens with zero attached hydrogens (tertiary/aromatic N) is 2. The molecule has 0 aliphatic rings. The molecule has 13 heavy (non-hydrogen) atoms. The van der Waals surface area contributed by atoms with Crippen LogP contribution in [0.3, 0.4) is 0 Å². The smallest absolute Gasteiger partial charge is 0.134 e. The lowest BCUT2D eigenvalue weighted by molar-refractivity contribution is 0.308. The fraction of sp³-hybridized carbons (Fsp3) is 0.667. The van der Waals surface area contributed by atoms with Gasteiger partial charge in [-0.1, -0.05) is 13.8 Å². The summed E-state index contributed by atoms with van der Waals surface area (Å²) in [5.74, 6) is 0.652. The Bertz CT molecular complexity index is 243. The van der Waals surface area contributed by atoms with Gasteiger partial charge in [-0.2, -0.15) is 0 Å². The summed E-state index contributed by atoms with van der Waals surface area (Å²) in [6, 6.07) is 0. The van der Waals surface area contributed by atoms with Gasteiger partial charge >= 0.3 is 0 Å². The Kier molecular flexibility index (Phi) is 4.18. The van der Waals surface area contributed by atoms with Crippen molar-refractivity contribution in [2.75, 3.05) is 25.4 Å². The lowest BCUT2D eigenvalue weighted by Crippen LogP contribution is -2.25. The zero-order valence-corrected chi connectivity index (χ0v) is 9.10. The summed E-state index contributed by atoms with van der Waals surface area (Å²) in [6.45, 7) is 7.66. The first kappa shape index (κ1) is 10.5. The van der Waals surface area contributed by atoms with Crippen LogP contribution in [-0.2, 0) is 6.42 Å². The molecule has 0 saturated carbocycles. The molecule has 0 spiro atoms. The molecule has 0 radical (unpaired) electrons. The van der Waals surface area contributed by atoms with E-state index in [1.54, 1.807) is 11.3 Å². The zero-order chi connectivity index (χ0) is 9.68. The summed E-state index contributed by atoms with van der Waals surface area (Å²) in [6.07, 6.45) is 1.02. The normalized spacial score (nSPS) is 11.0. The molecule has 0 unspecified atom stereocenters. The maximum absolute atomic E-state index is 5.54. The molecule has 0 atom stereocenters. The third kappa shape index (κ3) is 3.32. The van der Waals surface area contributed by atoms with Crippen molar-refractivity contribution in [1.29, 1.82) is 0 Å². The summed E-state index contributed by atoms with van der Waals surface area (Å²) in [5.41, 5.74) is 5.54. The maximum Gasteiger partial charge on any atom is 0.134 e. The molecular weight excluding hydrogens is 182 g/mol. The second kappa shape index (κ2) is 5.19. The van der Waals surface area contributed by atoms with E-state index in [9.17, 15) is 0 Å². The number of thiazole rings is 1. The van der Waals surface area contributed by atoms with Gasteiger partial charge in [-0.05, 0) is 13.1 Å². The number of hydrogen-bond acceptors (Lipinski definition) is 4. The molecule has 0 bridgehead atoms. The van der Waals surface area contributed by atoms with Gasteiger partial charge in [0.2, 0.25) is 0 Å². The Morgan fingerprint density at radius 1 is 1.46 bits per heavy atom. The van der Waals surface area contributed by atoms with Gasteiger partial charge in [0.1, 0.15) is 5.82 Å². The van der Waals surface area contributed by atoms with Crippen LogP contribution in [0.4, 0.5) is 5.82 Å². The summed E-state index contributed by atoms with van der Waals surface area (Å²) >= 11 is 1.65. The number of likely N-dealkylation sites (N-methyl/N-ethyl adjacent to an activating group) is 1. The highest BCUT2D eigenvalue weighted by molar-refractivity contribution is 7.10. The molecule has 74 valence electrons. The molecule has 1 heterocycles. The average Bonchev–Trinajstić information content (AvgIpc) is 2.53.